The first-order valence-corrected chi connectivity index (χ1v) is 8.24. The Morgan fingerprint density at radius 1 is 1.07 bits per heavy atom. The molecule has 8 heteroatoms. The van der Waals surface area contributed by atoms with E-state index in [-0.39, 0.29) is 37.8 Å². The summed E-state index contributed by atoms with van der Waals surface area (Å²) in [7, 11) is 0. The third kappa shape index (κ3) is 6.30. The van der Waals surface area contributed by atoms with Crippen LogP contribution in [0.25, 0.3) is 0 Å². The lowest BCUT2D eigenvalue weighted by molar-refractivity contribution is -0.134. The Kier molecular flexibility index (Phi) is 8.84. The first-order valence-electron chi connectivity index (χ1n) is 8.24. The van der Waals surface area contributed by atoms with E-state index in [1.807, 2.05) is 30.3 Å². The van der Waals surface area contributed by atoms with Crippen molar-refractivity contribution >= 4 is 29.9 Å². The van der Waals surface area contributed by atoms with Gasteiger partial charge in [-0.2, -0.15) is 0 Å². The first-order chi connectivity index (χ1) is 12.4. The van der Waals surface area contributed by atoms with Crippen LogP contribution in [0.1, 0.15) is 24.9 Å². The van der Waals surface area contributed by atoms with E-state index in [2.05, 4.69) is 5.32 Å². The molecule has 3 N–H and O–H groups in total. The Hall–Kier alpha value is -2.51. The lowest BCUT2D eigenvalue weighted by Gasteiger charge is -2.22. The van der Waals surface area contributed by atoms with E-state index >= 15 is 0 Å². The molecule has 0 aliphatic carbocycles. The van der Waals surface area contributed by atoms with Crippen molar-refractivity contribution in [3.8, 4) is 0 Å². The van der Waals surface area contributed by atoms with Crippen LogP contribution >= 0.6 is 12.4 Å². The Bertz CT molecular complexity index is 755. The maximum absolute atomic E-state index is 13.6. The monoisotopic (exact) mass is 397 g/mol. The number of halogens is 3. The molecule has 1 atom stereocenters. The van der Waals surface area contributed by atoms with Gasteiger partial charge < -0.3 is 16.0 Å². The largest absolute Gasteiger partial charge is 0.334 e. The van der Waals surface area contributed by atoms with Crippen LogP contribution < -0.4 is 11.1 Å². The highest BCUT2D eigenvalue weighted by Gasteiger charge is 2.20. The molecule has 0 aromatic heterocycles. The molecule has 0 aliphatic rings. The summed E-state index contributed by atoms with van der Waals surface area (Å²) < 4.78 is 27.2. The predicted molar refractivity (Wildman–Crippen MR) is 102 cm³/mol. The number of amides is 2. The third-order valence-electron chi connectivity index (χ3n) is 3.92. The fourth-order valence-electron chi connectivity index (χ4n) is 2.48. The Balaban J connectivity index is 0.00000364. The van der Waals surface area contributed by atoms with Gasteiger partial charge in [0.25, 0.3) is 0 Å². The fraction of sp³-hybridized carbons (Fsp3) is 0.263. The maximum Gasteiger partial charge on any atom is 0.244 e. The quantitative estimate of drug-likeness (QED) is 0.753. The molecule has 0 bridgehead atoms. The van der Waals surface area contributed by atoms with Crippen molar-refractivity contribution in [3.05, 3.63) is 65.7 Å². The Morgan fingerprint density at radius 2 is 1.67 bits per heavy atom. The Labute approximate surface area is 162 Å². The molecule has 146 valence electrons. The zero-order chi connectivity index (χ0) is 19.1. The predicted octanol–water partition coefficient (Wildman–Crippen LogP) is 3.26. The summed E-state index contributed by atoms with van der Waals surface area (Å²) >= 11 is 0. The van der Waals surface area contributed by atoms with E-state index in [0.29, 0.717) is 0 Å². The van der Waals surface area contributed by atoms with Crippen molar-refractivity contribution < 1.29 is 18.4 Å². The number of anilines is 1. The number of nitrogens with two attached hydrogens (primary N) is 1. The molecule has 2 aromatic carbocycles. The summed E-state index contributed by atoms with van der Waals surface area (Å²) in [5.41, 5.74) is 6.32. The van der Waals surface area contributed by atoms with Gasteiger partial charge in [-0.15, -0.1) is 12.4 Å². The summed E-state index contributed by atoms with van der Waals surface area (Å²) in [6, 6.07) is 11.9. The van der Waals surface area contributed by atoms with E-state index in [4.69, 9.17) is 5.73 Å². The molecule has 0 spiro atoms. The Morgan fingerprint density at radius 3 is 2.22 bits per heavy atom. The normalized spacial score (nSPS) is 11.3. The van der Waals surface area contributed by atoms with Crippen LogP contribution in [-0.2, 0) is 9.59 Å². The van der Waals surface area contributed by atoms with Crippen molar-refractivity contribution in [1.29, 1.82) is 0 Å². The van der Waals surface area contributed by atoms with Crippen molar-refractivity contribution in [3.63, 3.8) is 0 Å². The number of para-hydroxylation sites is 1. The summed E-state index contributed by atoms with van der Waals surface area (Å²) in [5, 5.41) is 2.17. The number of benzene rings is 2. The first kappa shape index (κ1) is 22.5. The second kappa shape index (κ2) is 10.6. The molecular formula is C19H22ClF2N3O2. The van der Waals surface area contributed by atoms with Gasteiger partial charge in [-0.1, -0.05) is 36.4 Å². The second-order valence-corrected chi connectivity index (χ2v) is 5.77. The van der Waals surface area contributed by atoms with Crippen LogP contribution in [-0.4, -0.2) is 29.8 Å². The van der Waals surface area contributed by atoms with E-state index < -0.39 is 29.3 Å². The highest BCUT2D eigenvalue weighted by Crippen LogP contribution is 2.18. The molecular weight excluding hydrogens is 376 g/mol. The summed E-state index contributed by atoms with van der Waals surface area (Å²) in [6.07, 6.45) is 0.0270. The minimum Gasteiger partial charge on any atom is -0.334 e. The van der Waals surface area contributed by atoms with Gasteiger partial charge >= 0.3 is 0 Å². The van der Waals surface area contributed by atoms with Crippen LogP contribution in [0.4, 0.5) is 14.5 Å². The van der Waals surface area contributed by atoms with E-state index in [1.165, 1.54) is 11.0 Å². The topological polar surface area (TPSA) is 75.4 Å². The van der Waals surface area contributed by atoms with Gasteiger partial charge in [0.1, 0.15) is 17.3 Å². The van der Waals surface area contributed by atoms with Gasteiger partial charge in [0.2, 0.25) is 11.8 Å². The summed E-state index contributed by atoms with van der Waals surface area (Å²) in [5.74, 6) is -2.75. The minimum atomic E-state index is -0.876. The number of nitrogens with one attached hydrogen (secondary N) is 1. The maximum atomic E-state index is 13.6. The number of rotatable bonds is 7. The van der Waals surface area contributed by atoms with Crippen LogP contribution in [0, 0.1) is 11.6 Å². The molecule has 2 amide bonds. The molecule has 27 heavy (non-hydrogen) atoms. The second-order valence-electron chi connectivity index (χ2n) is 5.77. The smallest absolute Gasteiger partial charge is 0.244 e. The lowest BCUT2D eigenvalue weighted by Crippen LogP contribution is -2.39. The highest BCUT2D eigenvalue weighted by molar-refractivity contribution is 5.94. The van der Waals surface area contributed by atoms with E-state index in [1.54, 1.807) is 6.92 Å². The number of carbonyl (C=O) groups excluding carboxylic acids is 2. The molecule has 0 radical (unpaired) electrons. The number of likely N-dealkylation sites (N-methyl/N-ethyl adjacent to an activating group) is 1. The number of hydrogen-bond donors (Lipinski definition) is 2. The number of hydrogen-bond acceptors (Lipinski definition) is 3. The van der Waals surface area contributed by atoms with E-state index in [0.717, 1.165) is 17.7 Å². The summed E-state index contributed by atoms with van der Waals surface area (Å²) in [6.45, 7) is 1.67. The standard InChI is InChI=1S/C19H21F2N3O2.ClH/c1-2-24(18(26)11-16(22)13-7-4-3-5-8-13)12-17(25)23-19-14(20)9-6-10-15(19)21;/h3-10,16H,2,11-12,22H2,1H3,(H,23,25);1H. The molecule has 0 saturated heterocycles. The zero-order valence-electron chi connectivity index (χ0n) is 14.8. The van der Waals surface area contributed by atoms with Crippen LogP contribution in [0.3, 0.4) is 0 Å². The molecule has 0 aliphatic heterocycles. The van der Waals surface area contributed by atoms with Crippen LogP contribution in [0.15, 0.2) is 48.5 Å². The molecule has 0 heterocycles. The number of nitrogens with zero attached hydrogens (tertiary/aromatic N) is 1. The van der Waals surface area contributed by atoms with Gasteiger partial charge in [0, 0.05) is 19.0 Å². The van der Waals surface area contributed by atoms with Gasteiger partial charge in [0.15, 0.2) is 0 Å². The average molecular weight is 398 g/mol. The van der Waals surface area contributed by atoms with Gasteiger partial charge in [0.05, 0.1) is 6.54 Å². The van der Waals surface area contributed by atoms with Gasteiger partial charge in [-0.05, 0) is 24.6 Å². The van der Waals surface area contributed by atoms with Crippen LogP contribution in [0.5, 0.6) is 0 Å². The molecule has 1 unspecified atom stereocenters. The van der Waals surface area contributed by atoms with E-state index in [9.17, 15) is 18.4 Å². The van der Waals surface area contributed by atoms with Crippen molar-refractivity contribution in [2.24, 2.45) is 5.73 Å². The molecule has 5 nitrogen and oxygen atoms in total. The third-order valence-corrected chi connectivity index (χ3v) is 3.92. The SMILES string of the molecule is CCN(CC(=O)Nc1c(F)cccc1F)C(=O)CC(N)c1ccccc1.Cl. The highest BCUT2D eigenvalue weighted by atomic mass is 35.5. The molecule has 0 fully saturated rings. The number of carbonyl (C=O) groups is 2. The molecule has 2 rings (SSSR count). The zero-order valence-corrected chi connectivity index (χ0v) is 15.6. The van der Waals surface area contributed by atoms with Gasteiger partial charge in [-0.25, -0.2) is 8.78 Å². The van der Waals surface area contributed by atoms with Crippen molar-refractivity contribution in [1.82, 2.24) is 4.90 Å². The van der Waals surface area contributed by atoms with Gasteiger partial charge in [-0.3, -0.25) is 9.59 Å². The van der Waals surface area contributed by atoms with Crippen molar-refractivity contribution in [2.45, 2.75) is 19.4 Å². The minimum absolute atomic E-state index is 0. The molecule has 0 saturated carbocycles. The van der Waals surface area contributed by atoms with Crippen molar-refractivity contribution in [2.75, 3.05) is 18.4 Å². The lowest BCUT2D eigenvalue weighted by atomic mass is 10.0. The molecule has 2 aromatic rings. The van der Waals surface area contributed by atoms with Crippen LogP contribution in [0.2, 0.25) is 0 Å². The average Bonchev–Trinajstić information content (AvgIpc) is 2.63. The summed E-state index contributed by atoms with van der Waals surface area (Å²) in [4.78, 5) is 25.8. The fourth-order valence-corrected chi connectivity index (χ4v) is 2.48.